The van der Waals surface area contributed by atoms with Crippen LogP contribution >= 0.6 is 0 Å². The van der Waals surface area contributed by atoms with Crippen LogP contribution in [0.25, 0.3) is 0 Å². The first-order valence-electron chi connectivity index (χ1n) is 6.27. The van der Waals surface area contributed by atoms with E-state index in [2.05, 4.69) is 12.1 Å². The summed E-state index contributed by atoms with van der Waals surface area (Å²) >= 11 is 0. The lowest BCUT2D eigenvalue weighted by Gasteiger charge is -2.08. The first-order valence-corrected chi connectivity index (χ1v) is 6.27. The van der Waals surface area contributed by atoms with E-state index in [4.69, 9.17) is 14.7 Å². The highest BCUT2D eigenvalue weighted by atomic mass is 16.5. The molecule has 0 aliphatic heterocycles. The van der Waals surface area contributed by atoms with Crippen molar-refractivity contribution in [2.24, 2.45) is 5.16 Å². The van der Waals surface area contributed by atoms with Crippen molar-refractivity contribution in [1.82, 2.24) is 0 Å². The van der Waals surface area contributed by atoms with Gasteiger partial charge < -0.3 is 14.7 Å². The molecule has 0 saturated carbocycles. The molecule has 1 aromatic rings. The van der Waals surface area contributed by atoms with Crippen molar-refractivity contribution in [3.05, 3.63) is 29.8 Å². The predicted octanol–water partition coefficient (Wildman–Crippen LogP) is 3.08. The van der Waals surface area contributed by atoms with Gasteiger partial charge in [-0.3, -0.25) is 0 Å². The van der Waals surface area contributed by atoms with Crippen molar-refractivity contribution in [2.75, 3.05) is 19.8 Å². The maximum Gasteiger partial charge on any atom is 0.120 e. The number of nitrogens with zero attached hydrogens (tertiary/aromatic N) is 1. The summed E-state index contributed by atoms with van der Waals surface area (Å²) in [4.78, 5) is 0. The van der Waals surface area contributed by atoms with Gasteiger partial charge in [0.2, 0.25) is 0 Å². The summed E-state index contributed by atoms with van der Waals surface area (Å²) < 4.78 is 11.0. The smallest absolute Gasteiger partial charge is 0.120 e. The fourth-order valence-electron chi connectivity index (χ4n) is 1.44. The largest absolute Gasteiger partial charge is 0.491 e. The van der Waals surface area contributed by atoms with E-state index in [1.165, 1.54) is 0 Å². The van der Waals surface area contributed by atoms with Crippen molar-refractivity contribution in [1.29, 1.82) is 0 Å². The van der Waals surface area contributed by atoms with Crippen LogP contribution in [-0.2, 0) is 4.74 Å². The zero-order valence-corrected chi connectivity index (χ0v) is 11.1. The maximum atomic E-state index is 8.70. The summed E-state index contributed by atoms with van der Waals surface area (Å²) in [6.07, 6.45) is 2.23. The van der Waals surface area contributed by atoms with Crippen LogP contribution in [0.2, 0.25) is 0 Å². The number of oxime groups is 1. The molecule has 0 aromatic heterocycles. The van der Waals surface area contributed by atoms with Gasteiger partial charge in [-0.05, 0) is 25.5 Å². The molecule has 100 valence electrons. The third kappa shape index (κ3) is 5.19. The molecule has 0 fully saturated rings. The molecule has 0 radical (unpaired) electrons. The minimum atomic E-state index is 0.530. The van der Waals surface area contributed by atoms with Crippen LogP contribution in [-0.4, -0.2) is 30.7 Å². The summed E-state index contributed by atoms with van der Waals surface area (Å²) in [6, 6.07) is 7.47. The number of unbranched alkanes of at least 4 members (excludes halogenated alkanes) is 1. The number of benzene rings is 1. The van der Waals surface area contributed by atoms with Gasteiger partial charge in [0.15, 0.2) is 0 Å². The average Bonchev–Trinajstić information content (AvgIpc) is 2.42. The van der Waals surface area contributed by atoms with Crippen molar-refractivity contribution in [2.45, 2.75) is 26.7 Å². The Bertz CT molecular complexity index is 377. The molecule has 0 spiro atoms. The molecular weight excluding hydrogens is 230 g/mol. The lowest BCUT2D eigenvalue weighted by Crippen LogP contribution is -2.07. The summed E-state index contributed by atoms with van der Waals surface area (Å²) in [6.45, 7) is 5.79. The molecular formula is C14H21NO3. The van der Waals surface area contributed by atoms with Crippen LogP contribution in [0.3, 0.4) is 0 Å². The number of hydrogen-bond acceptors (Lipinski definition) is 4. The standard InChI is InChI=1S/C14H21NO3/c1-3-4-8-17-9-10-18-14-7-5-6-13(11-14)12(2)15-16/h5-7,11,16H,3-4,8-10H2,1-2H3. The molecule has 1 N–H and O–H groups in total. The van der Waals surface area contributed by atoms with Crippen molar-refractivity contribution in [3.8, 4) is 5.75 Å². The molecule has 1 rings (SSSR count). The third-order valence-electron chi connectivity index (χ3n) is 2.54. The molecule has 0 unspecified atom stereocenters. The molecule has 0 amide bonds. The van der Waals surface area contributed by atoms with Crippen LogP contribution < -0.4 is 4.74 Å². The van der Waals surface area contributed by atoms with E-state index in [1.54, 1.807) is 6.92 Å². The molecule has 0 aliphatic carbocycles. The molecule has 0 bridgehead atoms. The summed E-state index contributed by atoms with van der Waals surface area (Å²) in [5.41, 5.74) is 1.42. The Labute approximate surface area is 108 Å². The van der Waals surface area contributed by atoms with E-state index >= 15 is 0 Å². The Balaban J connectivity index is 2.34. The van der Waals surface area contributed by atoms with Gasteiger partial charge in [0, 0.05) is 12.2 Å². The van der Waals surface area contributed by atoms with Crippen molar-refractivity contribution < 1.29 is 14.7 Å². The topological polar surface area (TPSA) is 51.0 Å². The molecule has 18 heavy (non-hydrogen) atoms. The molecule has 4 nitrogen and oxygen atoms in total. The number of rotatable bonds is 8. The lowest BCUT2D eigenvalue weighted by molar-refractivity contribution is 0.0980. The summed E-state index contributed by atoms with van der Waals surface area (Å²) in [5, 5.41) is 11.9. The van der Waals surface area contributed by atoms with E-state index in [-0.39, 0.29) is 0 Å². The molecule has 0 saturated heterocycles. The Hall–Kier alpha value is -1.55. The average molecular weight is 251 g/mol. The Morgan fingerprint density at radius 2 is 2.11 bits per heavy atom. The van der Waals surface area contributed by atoms with Gasteiger partial charge in [0.1, 0.15) is 12.4 Å². The highest BCUT2D eigenvalue weighted by molar-refractivity contribution is 5.98. The van der Waals surface area contributed by atoms with E-state index in [0.717, 1.165) is 30.8 Å². The van der Waals surface area contributed by atoms with Gasteiger partial charge in [0.05, 0.1) is 12.3 Å². The van der Waals surface area contributed by atoms with Crippen LogP contribution in [0, 0.1) is 0 Å². The van der Waals surface area contributed by atoms with E-state index in [0.29, 0.717) is 18.9 Å². The van der Waals surface area contributed by atoms with Crippen LogP contribution in [0.15, 0.2) is 29.4 Å². The molecule has 0 atom stereocenters. The molecule has 4 heteroatoms. The van der Waals surface area contributed by atoms with Gasteiger partial charge in [-0.15, -0.1) is 0 Å². The minimum Gasteiger partial charge on any atom is -0.491 e. The summed E-state index contributed by atoms with van der Waals surface area (Å²) in [5.74, 6) is 0.759. The van der Waals surface area contributed by atoms with E-state index in [1.807, 2.05) is 24.3 Å². The highest BCUT2D eigenvalue weighted by Gasteiger charge is 2.00. The SMILES string of the molecule is CCCCOCCOc1cccc(C(C)=NO)c1. The van der Waals surface area contributed by atoms with Crippen LogP contribution in [0.1, 0.15) is 32.3 Å². The van der Waals surface area contributed by atoms with E-state index < -0.39 is 0 Å². The second-order valence-electron chi connectivity index (χ2n) is 4.03. The number of ether oxygens (including phenoxy) is 2. The molecule has 0 heterocycles. The van der Waals surface area contributed by atoms with Crippen LogP contribution in [0.4, 0.5) is 0 Å². The first kappa shape index (κ1) is 14.5. The normalized spacial score (nSPS) is 11.6. The Morgan fingerprint density at radius 3 is 2.83 bits per heavy atom. The molecule has 0 aliphatic rings. The monoisotopic (exact) mass is 251 g/mol. The van der Waals surface area contributed by atoms with Crippen LogP contribution in [0.5, 0.6) is 5.75 Å². The quantitative estimate of drug-likeness (QED) is 0.334. The zero-order valence-electron chi connectivity index (χ0n) is 11.1. The highest BCUT2D eigenvalue weighted by Crippen LogP contribution is 2.13. The molecule has 1 aromatic carbocycles. The van der Waals surface area contributed by atoms with E-state index in [9.17, 15) is 0 Å². The van der Waals surface area contributed by atoms with Gasteiger partial charge in [0.25, 0.3) is 0 Å². The van der Waals surface area contributed by atoms with Crippen molar-refractivity contribution in [3.63, 3.8) is 0 Å². The fraction of sp³-hybridized carbons (Fsp3) is 0.500. The third-order valence-corrected chi connectivity index (χ3v) is 2.54. The summed E-state index contributed by atoms with van der Waals surface area (Å²) in [7, 11) is 0. The predicted molar refractivity (Wildman–Crippen MR) is 71.7 cm³/mol. The van der Waals surface area contributed by atoms with Gasteiger partial charge in [-0.25, -0.2) is 0 Å². The Morgan fingerprint density at radius 1 is 1.28 bits per heavy atom. The van der Waals surface area contributed by atoms with Gasteiger partial charge in [-0.2, -0.15) is 0 Å². The van der Waals surface area contributed by atoms with Gasteiger partial charge >= 0.3 is 0 Å². The zero-order chi connectivity index (χ0) is 13.2. The van der Waals surface area contributed by atoms with Gasteiger partial charge in [-0.1, -0.05) is 30.6 Å². The number of hydrogen-bond donors (Lipinski definition) is 1. The second kappa shape index (κ2) is 8.53. The second-order valence-corrected chi connectivity index (χ2v) is 4.03. The fourth-order valence-corrected chi connectivity index (χ4v) is 1.44. The first-order chi connectivity index (χ1) is 8.77. The van der Waals surface area contributed by atoms with Crippen molar-refractivity contribution >= 4 is 5.71 Å². The maximum absolute atomic E-state index is 8.70. The lowest BCUT2D eigenvalue weighted by atomic mass is 10.1. The minimum absolute atomic E-state index is 0.530. The Kier molecular flexibility index (Phi) is 6.87.